The maximum atomic E-state index is 9.30. The van der Waals surface area contributed by atoms with Gasteiger partial charge < -0.3 is 9.84 Å². The van der Waals surface area contributed by atoms with E-state index in [-0.39, 0.29) is 6.61 Å². The molecule has 2 unspecified atom stereocenters. The molecular formula is C14H16N2O2. The maximum absolute atomic E-state index is 9.30. The van der Waals surface area contributed by atoms with Crippen molar-refractivity contribution in [2.75, 3.05) is 6.61 Å². The van der Waals surface area contributed by atoms with Crippen LogP contribution in [0.5, 0.6) is 5.75 Å². The molecule has 0 saturated heterocycles. The number of rotatable bonds is 7. The summed E-state index contributed by atoms with van der Waals surface area (Å²) in [5.74, 6) is 0.237. The Labute approximate surface area is 107 Å². The van der Waals surface area contributed by atoms with Crippen LogP contribution in [0, 0.1) is 28.6 Å². The minimum Gasteiger partial charge on any atom is -0.487 e. The monoisotopic (exact) mass is 244 g/mol. The van der Waals surface area contributed by atoms with Crippen molar-refractivity contribution in [3.05, 3.63) is 30.3 Å². The molecule has 2 atom stereocenters. The number of nitriles is 2. The lowest BCUT2D eigenvalue weighted by Crippen LogP contribution is -2.30. The molecule has 0 saturated carbocycles. The van der Waals surface area contributed by atoms with Gasteiger partial charge in [-0.05, 0) is 25.0 Å². The topological polar surface area (TPSA) is 77.0 Å². The Balaban J connectivity index is 2.58. The molecule has 1 N–H and O–H groups in total. The molecule has 0 aliphatic rings. The van der Waals surface area contributed by atoms with Crippen molar-refractivity contribution >= 4 is 0 Å². The minimum absolute atomic E-state index is 0.209. The fourth-order valence-electron chi connectivity index (χ4n) is 1.66. The number of unbranched alkanes of at least 4 members (excludes halogenated alkanes) is 1. The van der Waals surface area contributed by atoms with Crippen LogP contribution in [0.1, 0.15) is 19.3 Å². The van der Waals surface area contributed by atoms with Crippen molar-refractivity contribution in [3.8, 4) is 17.9 Å². The summed E-state index contributed by atoms with van der Waals surface area (Å²) in [7, 11) is 0. The van der Waals surface area contributed by atoms with Gasteiger partial charge >= 0.3 is 0 Å². The number of para-hydroxylation sites is 1. The van der Waals surface area contributed by atoms with Gasteiger partial charge in [0.25, 0.3) is 0 Å². The smallest absolute Gasteiger partial charge is 0.137 e. The van der Waals surface area contributed by atoms with Crippen molar-refractivity contribution in [1.29, 1.82) is 10.5 Å². The van der Waals surface area contributed by atoms with Crippen LogP contribution in [0.2, 0.25) is 0 Å². The normalized spacial score (nSPS) is 13.1. The molecule has 1 aromatic rings. The minimum atomic E-state index is -0.545. The molecule has 1 rings (SSSR count). The van der Waals surface area contributed by atoms with Crippen molar-refractivity contribution in [1.82, 2.24) is 0 Å². The van der Waals surface area contributed by atoms with E-state index in [0.29, 0.717) is 25.0 Å². The lowest BCUT2D eigenvalue weighted by Gasteiger charge is -2.21. The van der Waals surface area contributed by atoms with Gasteiger partial charge in [-0.1, -0.05) is 18.2 Å². The van der Waals surface area contributed by atoms with Gasteiger partial charge in [0.1, 0.15) is 11.9 Å². The van der Waals surface area contributed by atoms with Crippen molar-refractivity contribution in [3.63, 3.8) is 0 Å². The van der Waals surface area contributed by atoms with E-state index >= 15 is 0 Å². The Hall–Kier alpha value is -2.04. The summed E-state index contributed by atoms with van der Waals surface area (Å²) in [4.78, 5) is 0. The van der Waals surface area contributed by atoms with Gasteiger partial charge in [0, 0.05) is 6.42 Å². The lowest BCUT2D eigenvalue weighted by molar-refractivity contribution is 0.0823. The third-order valence-electron chi connectivity index (χ3n) is 2.63. The van der Waals surface area contributed by atoms with Crippen molar-refractivity contribution < 1.29 is 9.84 Å². The second-order valence-corrected chi connectivity index (χ2v) is 3.94. The van der Waals surface area contributed by atoms with Crippen LogP contribution < -0.4 is 4.74 Å². The third kappa shape index (κ3) is 4.45. The molecule has 0 fully saturated rings. The molecule has 94 valence electrons. The molecule has 0 aromatic heterocycles. The SMILES string of the molecule is N#CCCCC(C#N)C(CO)Oc1ccccc1. The van der Waals surface area contributed by atoms with E-state index in [2.05, 4.69) is 6.07 Å². The van der Waals surface area contributed by atoms with Crippen molar-refractivity contribution in [2.24, 2.45) is 5.92 Å². The number of aliphatic hydroxyl groups is 1. The summed E-state index contributed by atoms with van der Waals surface area (Å²) in [6, 6.07) is 13.3. The average molecular weight is 244 g/mol. The Morgan fingerprint density at radius 1 is 1.22 bits per heavy atom. The predicted octanol–water partition coefficient (Wildman–Crippen LogP) is 2.26. The van der Waals surface area contributed by atoms with Gasteiger partial charge in [-0.15, -0.1) is 0 Å². The second kappa shape index (κ2) is 8.11. The first-order valence-electron chi connectivity index (χ1n) is 5.91. The molecule has 4 nitrogen and oxygen atoms in total. The molecule has 0 amide bonds. The molecule has 0 radical (unpaired) electrons. The second-order valence-electron chi connectivity index (χ2n) is 3.94. The first kappa shape index (κ1) is 14.0. The highest BCUT2D eigenvalue weighted by Gasteiger charge is 2.22. The fourth-order valence-corrected chi connectivity index (χ4v) is 1.66. The molecule has 0 aliphatic heterocycles. The maximum Gasteiger partial charge on any atom is 0.137 e. The summed E-state index contributed by atoms with van der Waals surface area (Å²) >= 11 is 0. The van der Waals surface area contributed by atoms with Crippen LogP contribution >= 0.6 is 0 Å². The number of aliphatic hydroxyl groups excluding tert-OH is 1. The summed E-state index contributed by atoms with van der Waals surface area (Å²) in [6.07, 6.45) is 1.07. The molecule has 0 bridgehead atoms. The van der Waals surface area contributed by atoms with E-state index in [1.807, 2.05) is 24.3 Å². The first-order chi connectivity index (χ1) is 8.81. The Morgan fingerprint density at radius 2 is 1.94 bits per heavy atom. The van der Waals surface area contributed by atoms with E-state index in [9.17, 15) is 5.11 Å². The summed E-state index contributed by atoms with van der Waals surface area (Å²) in [6.45, 7) is -0.209. The Kier molecular flexibility index (Phi) is 6.32. The standard InChI is InChI=1S/C14H16N2O2/c15-9-5-4-6-12(10-16)14(11-17)18-13-7-2-1-3-8-13/h1-3,7-8,12,14,17H,4-6,11H2. The van der Waals surface area contributed by atoms with Crippen LogP contribution in [-0.2, 0) is 0 Å². The summed E-state index contributed by atoms with van der Waals surface area (Å²) in [5, 5.41) is 26.9. The highest BCUT2D eigenvalue weighted by Crippen LogP contribution is 2.19. The zero-order valence-electron chi connectivity index (χ0n) is 10.1. The largest absolute Gasteiger partial charge is 0.487 e. The number of nitrogens with zero attached hydrogens (tertiary/aromatic N) is 2. The molecule has 0 spiro atoms. The number of benzene rings is 1. The highest BCUT2D eigenvalue weighted by molar-refractivity contribution is 5.21. The van der Waals surface area contributed by atoms with E-state index in [1.165, 1.54) is 0 Å². The lowest BCUT2D eigenvalue weighted by atomic mass is 9.98. The molecule has 1 aromatic carbocycles. The summed E-state index contributed by atoms with van der Waals surface area (Å²) < 4.78 is 5.59. The molecule has 18 heavy (non-hydrogen) atoms. The van der Waals surface area contributed by atoms with Crippen LogP contribution in [0.25, 0.3) is 0 Å². The van der Waals surface area contributed by atoms with E-state index in [4.69, 9.17) is 15.3 Å². The third-order valence-corrected chi connectivity index (χ3v) is 2.63. The van der Waals surface area contributed by atoms with Gasteiger partial charge in [-0.3, -0.25) is 0 Å². The molecule has 0 heterocycles. The van der Waals surface area contributed by atoms with Crippen molar-refractivity contribution in [2.45, 2.75) is 25.4 Å². The van der Waals surface area contributed by atoms with Gasteiger partial charge in [0.2, 0.25) is 0 Å². The fraction of sp³-hybridized carbons (Fsp3) is 0.429. The number of hydrogen-bond acceptors (Lipinski definition) is 4. The van der Waals surface area contributed by atoms with Gasteiger partial charge in [0.05, 0.1) is 24.7 Å². The number of ether oxygens (including phenoxy) is 1. The molecule has 0 aliphatic carbocycles. The zero-order chi connectivity index (χ0) is 13.2. The summed E-state index contributed by atoms with van der Waals surface area (Å²) in [5.41, 5.74) is 0. The first-order valence-corrected chi connectivity index (χ1v) is 5.91. The average Bonchev–Trinajstić information content (AvgIpc) is 2.43. The number of hydrogen-bond donors (Lipinski definition) is 1. The van der Waals surface area contributed by atoms with E-state index in [1.54, 1.807) is 12.1 Å². The van der Waals surface area contributed by atoms with Crippen LogP contribution in [0.15, 0.2) is 30.3 Å². The predicted molar refractivity (Wildman–Crippen MR) is 66.5 cm³/mol. The van der Waals surface area contributed by atoms with Crippen LogP contribution in [0.3, 0.4) is 0 Å². The highest BCUT2D eigenvalue weighted by atomic mass is 16.5. The van der Waals surface area contributed by atoms with E-state index < -0.39 is 12.0 Å². The zero-order valence-corrected chi connectivity index (χ0v) is 10.1. The van der Waals surface area contributed by atoms with Crippen LogP contribution in [0.4, 0.5) is 0 Å². The van der Waals surface area contributed by atoms with Gasteiger partial charge in [-0.2, -0.15) is 10.5 Å². The quantitative estimate of drug-likeness (QED) is 0.746. The van der Waals surface area contributed by atoms with E-state index in [0.717, 1.165) is 0 Å². The molecule has 4 heteroatoms. The Morgan fingerprint density at radius 3 is 2.50 bits per heavy atom. The Bertz CT molecular complexity index is 420. The molecular weight excluding hydrogens is 228 g/mol. The van der Waals surface area contributed by atoms with Crippen LogP contribution in [-0.4, -0.2) is 17.8 Å². The van der Waals surface area contributed by atoms with Gasteiger partial charge in [-0.25, -0.2) is 0 Å². The van der Waals surface area contributed by atoms with Gasteiger partial charge in [0.15, 0.2) is 0 Å².